The molecule has 0 spiro atoms. The summed E-state index contributed by atoms with van der Waals surface area (Å²) >= 11 is 0. The highest BCUT2D eigenvalue weighted by molar-refractivity contribution is 6.32. The second-order valence-electron chi connectivity index (χ2n) is 3.06. The van der Waals surface area contributed by atoms with Gasteiger partial charge in [0.25, 0.3) is 0 Å². The third kappa shape index (κ3) is 4.38. The van der Waals surface area contributed by atoms with E-state index in [2.05, 4.69) is 9.47 Å². The van der Waals surface area contributed by atoms with Crippen molar-refractivity contribution in [2.75, 3.05) is 6.61 Å². The van der Waals surface area contributed by atoms with Gasteiger partial charge in [-0.15, -0.1) is 13.2 Å². The summed E-state index contributed by atoms with van der Waals surface area (Å²) in [6, 6.07) is 3.10. The average Bonchev–Trinajstić information content (AvgIpc) is 2.14. The topological polar surface area (TPSA) is 35.5 Å². The fourth-order valence-corrected chi connectivity index (χ4v) is 1.15. The normalized spacial score (nSPS) is 11.1. The number of hydrogen-bond acceptors (Lipinski definition) is 3. The molecule has 0 aliphatic carbocycles. The molecule has 0 atom stereocenters. The van der Waals surface area contributed by atoms with Crippen LogP contribution in [-0.4, -0.2) is 26.8 Å². The molecule has 3 nitrogen and oxygen atoms in total. The van der Waals surface area contributed by atoms with Crippen LogP contribution in [0.25, 0.3) is 0 Å². The number of esters is 1. The van der Waals surface area contributed by atoms with Crippen LogP contribution >= 0.6 is 0 Å². The van der Waals surface area contributed by atoms with Crippen LogP contribution in [0.5, 0.6) is 5.75 Å². The van der Waals surface area contributed by atoms with E-state index in [0.29, 0.717) is 0 Å². The maximum absolute atomic E-state index is 12.0. The third-order valence-electron chi connectivity index (χ3n) is 1.67. The summed E-state index contributed by atoms with van der Waals surface area (Å²) in [7, 11) is 5.36. The Morgan fingerprint density at radius 3 is 2.53 bits per heavy atom. The zero-order chi connectivity index (χ0) is 13.1. The highest BCUT2D eigenvalue weighted by Crippen LogP contribution is 2.22. The van der Waals surface area contributed by atoms with Gasteiger partial charge >= 0.3 is 12.3 Å². The number of carbonyl (C=O) groups is 1. The van der Waals surface area contributed by atoms with E-state index in [1.165, 1.54) is 6.07 Å². The predicted octanol–water partition coefficient (Wildman–Crippen LogP) is 1.56. The summed E-state index contributed by atoms with van der Waals surface area (Å²) in [4.78, 5) is 11.3. The highest BCUT2D eigenvalue weighted by atomic mass is 19.4. The van der Waals surface area contributed by atoms with E-state index in [0.717, 1.165) is 12.1 Å². The molecule has 0 saturated heterocycles. The molecular formula is C10H8BF3O3. The molecule has 0 heterocycles. The first kappa shape index (κ1) is 13.4. The van der Waals surface area contributed by atoms with Gasteiger partial charge in [-0.1, -0.05) is 11.5 Å². The summed E-state index contributed by atoms with van der Waals surface area (Å²) in [6.45, 7) is 1.69. The molecule has 17 heavy (non-hydrogen) atoms. The minimum Gasteiger partial charge on any atom is -0.462 e. The first-order valence-electron chi connectivity index (χ1n) is 4.65. The van der Waals surface area contributed by atoms with Gasteiger partial charge in [0.15, 0.2) is 0 Å². The molecule has 2 radical (unpaired) electrons. The molecule has 0 N–H and O–H groups in total. The monoisotopic (exact) mass is 244 g/mol. The maximum Gasteiger partial charge on any atom is 0.573 e. The van der Waals surface area contributed by atoms with Gasteiger partial charge in [-0.3, -0.25) is 0 Å². The van der Waals surface area contributed by atoms with Gasteiger partial charge in [0.05, 0.1) is 12.2 Å². The fourth-order valence-electron chi connectivity index (χ4n) is 1.15. The average molecular weight is 244 g/mol. The van der Waals surface area contributed by atoms with Gasteiger partial charge in [-0.05, 0) is 19.1 Å². The maximum atomic E-state index is 12.0. The number of carbonyl (C=O) groups excluding carboxylic acids is 1. The molecule has 0 fully saturated rings. The van der Waals surface area contributed by atoms with Crippen molar-refractivity contribution in [1.29, 1.82) is 0 Å². The Hall–Kier alpha value is -1.66. The van der Waals surface area contributed by atoms with Crippen molar-refractivity contribution in [3.8, 4) is 5.75 Å². The second kappa shape index (κ2) is 5.12. The van der Waals surface area contributed by atoms with Crippen molar-refractivity contribution in [2.45, 2.75) is 13.3 Å². The van der Waals surface area contributed by atoms with Crippen molar-refractivity contribution in [3.63, 3.8) is 0 Å². The molecule has 0 aliphatic heterocycles. The third-order valence-corrected chi connectivity index (χ3v) is 1.67. The molecule has 0 aliphatic rings. The summed E-state index contributed by atoms with van der Waals surface area (Å²) in [5.74, 6) is -1.31. The minimum atomic E-state index is -4.83. The molecule has 0 unspecified atom stereocenters. The lowest BCUT2D eigenvalue weighted by Gasteiger charge is -2.11. The zero-order valence-corrected chi connectivity index (χ0v) is 8.88. The van der Waals surface area contributed by atoms with Crippen LogP contribution in [0.4, 0.5) is 13.2 Å². The number of ether oxygens (including phenoxy) is 2. The van der Waals surface area contributed by atoms with Gasteiger partial charge in [-0.25, -0.2) is 4.79 Å². The summed E-state index contributed by atoms with van der Waals surface area (Å²) < 4.78 is 44.2. The minimum absolute atomic E-state index is 0.0187. The fraction of sp³-hybridized carbons (Fsp3) is 0.300. The van der Waals surface area contributed by atoms with Gasteiger partial charge in [0.2, 0.25) is 0 Å². The zero-order valence-electron chi connectivity index (χ0n) is 8.88. The highest BCUT2D eigenvalue weighted by Gasteiger charge is 2.31. The summed E-state index contributed by atoms with van der Waals surface area (Å²) in [5, 5.41) is 0. The van der Waals surface area contributed by atoms with Crippen molar-refractivity contribution in [2.24, 2.45) is 0 Å². The molecule has 1 aromatic rings. The van der Waals surface area contributed by atoms with Crippen molar-refractivity contribution in [1.82, 2.24) is 0 Å². The number of alkyl halides is 3. The van der Waals surface area contributed by atoms with Crippen molar-refractivity contribution >= 4 is 19.3 Å². The number of hydrogen-bond donors (Lipinski definition) is 0. The number of benzene rings is 1. The first-order chi connectivity index (χ1) is 7.81. The van der Waals surface area contributed by atoms with Crippen LogP contribution in [0.1, 0.15) is 17.3 Å². The van der Waals surface area contributed by atoms with Gasteiger partial charge < -0.3 is 9.47 Å². The molecule has 0 aromatic heterocycles. The lowest BCUT2D eigenvalue weighted by atomic mass is 9.94. The van der Waals surface area contributed by atoms with Gasteiger partial charge in [-0.2, -0.15) is 0 Å². The molecule has 1 aromatic carbocycles. The Morgan fingerprint density at radius 2 is 2.00 bits per heavy atom. The van der Waals surface area contributed by atoms with Crippen LogP contribution in [0.3, 0.4) is 0 Å². The lowest BCUT2D eigenvalue weighted by molar-refractivity contribution is -0.274. The molecule has 7 heteroatoms. The van der Waals surface area contributed by atoms with E-state index in [1.54, 1.807) is 6.92 Å². The second-order valence-corrected chi connectivity index (χ2v) is 3.06. The Labute approximate surface area is 96.9 Å². The molecule has 1 rings (SSSR count). The van der Waals surface area contributed by atoms with E-state index in [1.807, 2.05) is 0 Å². The molecular weight excluding hydrogens is 236 g/mol. The van der Waals surface area contributed by atoms with Crippen molar-refractivity contribution in [3.05, 3.63) is 23.8 Å². The Balaban J connectivity index is 2.98. The Bertz CT molecular complexity index is 418. The lowest BCUT2D eigenvalue weighted by Crippen LogP contribution is -2.19. The predicted molar refractivity (Wildman–Crippen MR) is 54.5 cm³/mol. The first-order valence-corrected chi connectivity index (χ1v) is 4.65. The van der Waals surface area contributed by atoms with Gasteiger partial charge in [0, 0.05) is 0 Å². The van der Waals surface area contributed by atoms with E-state index in [9.17, 15) is 18.0 Å². The van der Waals surface area contributed by atoms with Crippen LogP contribution in [0, 0.1) is 0 Å². The van der Waals surface area contributed by atoms with Crippen LogP contribution in [0.2, 0.25) is 0 Å². The molecule has 90 valence electrons. The molecule has 0 saturated carbocycles. The Kier molecular flexibility index (Phi) is 4.04. The van der Waals surface area contributed by atoms with E-state index in [4.69, 9.17) is 7.85 Å². The van der Waals surface area contributed by atoms with E-state index >= 15 is 0 Å². The largest absolute Gasteiger partial charge is 0.573 e. The number of rotatable bonds is 3. The van der Waals surface area contributed by atoms with Crippen LogP contribution in [0.15, 0.2) is 18.2 Å². The standard InChI is InChI=1S/C10H8BF3O3/c1-2-16-9(15)6-3-7(11)5-8(4-6)17-10(12,13)14/h3-5H,2H2,1H3. The molecule has 0 amide bonds. The SMILES string of the molecule is [B]c1cc(OC(F)(F)F)cc(C(=O)OCC)c1. The summed E-state index contributed by atoms with van der Waals surface area (Å²) in [5.41, 5.74) is -0.110. The Morgan fingerprint density at radius 1 is 1.35 bits per heavy atom. The van der Waals surface area contributed by atoms with Crippen LogP contribution in [-0.2, 0) is 4.74 Å². The van der Waals surface area contributed by atoms with E-state index in [-0.39, 0.29) is 17.6 Å². The molecule has 0 bridgehead atoms. The smallest absolute Gasteiger partial charge is 0.462 e. The quantitative estimate of drug-likeness (QED) is 0.597. The van der Waals surface area contributed by atoms with Crippen LogP contribution < -0.4 is 10.2 Å². The van der Waals surface area contributed by atoms with Crippen molar-refractivity contribution < 1.29 is 27.4 Å². The van der Waals surface area contributed by atoms with E-state index < -0.39 is 18.1 Å². The van der Waals surface area contributed by atoms with Gasteiger partial charge in [0.1, 0.15) is 13.6 Å². The number of halogens is 3. The summed E-state index contributed by atoms with van der Waals surface area (Å²) in [6.07, 6.45) is -4.83.